The van der Waals surface area contributed by atoms with Crippen LogP contribution < -0.4 is 4.74 Å². The first kappa shape index (κ1) is 9.46. The zero-order valence-electron chi connectivity index (χ0n) is 8.10. The van der Waals surface area contributed by atoms with E-state index >= 15 is 0 Å². The Labute approximate surface area is 83.7 Å². The third-order valence-electron chi connectivity index (χ3n) is 2.60. The van der Waals surface area contributed by atoms with Crippen LogP contribution in [0.25, 0.3) is 0 Å². The molecule has 0 bridgehead atoms. The third kappa shape index (κ3) is 2.45. The molecule has 0 unspecified atom stereocenters. The van der Waals surface area contributed by atoms with Crippen LogP contribution in [0.4, 0.5) is 0 Å². The number of aliphatic hydroxyl groups is 1. The summed E-state index contributed by atoms with van der Waals surface area (Å²) in [4.78, 5) is 3.93. The summed E-state index contributed by atoms with van der Waals surface area (Å²) < 4.78 is 5.75. The number of rotatable bonds is 2. The summed E-state index contributed by atoms with van der Waals surface area (Å²) in [5.74, 6) is 0.876. The van der Waals surface area contributed by atoms with Gasteiger partial charge in [-0.05, 0) is 37.8 Å². The smallest absolute Gasteiger partial charge is 0.122 e. The van der Waals surface area contributed by atoms with Crippen LogP contribution in [0.15, 0.2) is 24.5 Å². The van der Waals surface area contributed by atoms with Gasteiger partial charge in [0.25, 0.3) is 0 Å². The van der Waals surface area contributed by atoms with Gasteiger partial charge in [0.05, 0.1) is 12.2 Å². The first-order chi connectivity index (χ1) is 6.84. The van der Waals surface area contributed by atoms with Crippen molar-refractivity contribution in [1.82, 2.24) is 4.98 Å². The predicted octanol–water partition coefficient (Wildman–Crippen LogP) is 1.76. The molecule has 1 fully saturated rings. The van der Waals surface area contributed by atoms with Gasteiger partial charge in [0, 0.05) is 12.4 Å². The van der Waals surface area contributed by atoms with Crippen LogP contribution in [-0.4, -0.2) is 22.3 Å². The van der Waals surface area contributed by atoms with Gasteiger partial charge in [0.15, 0.2) is 0 Å². The van der Waals surface area contributed by atoms with Crippen molar-refractivity contribution in [3.8, 4) is 5.75 Å². The number of nitrogens with zero attached hydrogens (tertiary/aromatic N) is 1. The normalized spacial score (nSPS) is 27.2. The molecule has 2 rings (SSSR count). The molecule has 1 heterocycles. The molecule has 0 spiro atoms. The van der Waals surface area contributed by atoms with Crippen molar-refractivity contribution in [1.29, 1.82) is 0 Å². The monoisotopic (exact) mass is 193 g/mol. The molecule has 1 aromatic heterocycles. The zero-order valence-corrected chi connectivity index (χ0v) is 8.10. The lowest BCUT2D eigenvalue weighted by Crippen LogP contribution is -2.26. The second kappa shape index (κ2) is 4.42. The van der Waals surface area contributed by atoms with Crippen LogP contribution in [-0.2, 0) is 0 Å². The van der Waals surface area contributed by atoms with Crippen LogP contribution in [0.1, 0.15) is 25.7 Å². The highest BCUT2D eigenvalue weighted by molar-refractivity contribution is 5.17. The molecule has 1 aromatic rings. The molecule has 1 N–H and O–H groups in total. The van der Waals surface area contributed by atoms with Crippen molar-refractivity contribution in [2.24, 2.45) is 0 Å². The highest BCUT2D eigenvalue weighted by Gasteiger charge is 2.20. The minimum atomic E-state index is -0.118. The lowest BCUT2D eigenvalue weighted by molar-refractivity contribution is 0.0665. The molecule has 0 aromatic carbocycles. The molecule has 0 amide bonds. The number of aliphatic hydroxyl groups excluding tert-OH is 1. The van der Waals surface area contributed by atoms with Gasteiger partial charge in [-0.3, -0.25) is 4.98 Å². The second-order valence-corrected chi connectivity index (χ2v) is 3.73. The van der Waals surface area contributed by atoms with Crippen molar-refractivity contribution in [2.45, 2.75) is 37.9 Å². The number of ether oxygens (including phenoxy) is 1. The van der Waals surface area contributed by atoms with E-state index in [0.29, 0.717) is 0 Å². The van der Waals surface area contributed by atoms with E-state index in [1.165, 1.54) is 0 Å². The SMILES string of the molecule is OC1CCC(Oc2ccncc2)CC1. The predicted molar refractivity (Wildman–Crippen MR) is 53.1 cm³/mol. The van der Waals surface area contributed by atoms with Crippen molar-refractivity contribution < 1.29 is 9.84 Å². The summed E-state index contributed by atoms with van der Waals surface area (Å²) >= 11 is 0. The number of pyridine rings is 1. The number of hydrogen-bond acceptors (Lipinski definition) is 3. The summed E-state index contributed by atoms with van der Waals surface area (Å²) in [5, 5.41) is 9.33. The Morgan fingerprint density at radius 3 is 2.43 bits per heavy atom. The number of aromatic nitrogens is 1. The molecule has 3 nitrogen and oxygen atoms in total. The largest absolute Gasteiger partial charge is 0.490 e. The van der Waals surface area contributed by atoms with E-state index in [1.807, 2.05) is 12.1 Å². The van der Waals surface area contributed by atoms with Gasteiger partial charge in [-0.25, -0.2) is 0 Å². The Balaban J connectivity index is 1.87. The van der Waals surface area contributed by atoms with Crippen LogP contribution in [0.2, 0.25) is 0 Å². The molecule has 1 aliphatic rings. The Morgan fingerprint density at radius 1 is 1.14 bits per heavy atom. The van der Waals surface area contributed by atoms with Gasteiger partial charge in [-0.15, -0.1) is 0 Å². The molecule has 0 radical (unpaired) electrons. The van der Waals surface area contributed by atoms with E-state index in [9.17, 15) is 5.11 Å². The third-order valence-corrected chi connectivity index (χ3v) is 2.60. The first-order valence-electron chi connectivity index (χ1n) is 5.09. The average Bonchev–Trinajstić information content (AvgIpc) is 2.23. The highest BCUT2D eigenvalue weighted by atomic mass is 16.5. The molecular weight excluding hydrogens is 178 g/mol. The molecule has 1 saturated carbocycles. The Bertz CT molecular complexity index is 268. The van der Waals surface area contributed by atoms with Gasteiger partial charge in [0.2, 0.25) is 0 Å². The molecule has 0 saturated heterocycles. The second-order valence-electron chi connectivity index (χ2n) is 3.73. The molecule has 3 heteroatoms. The van der Waals surface area contributed by atoms with Crippen molar-refractivity contribution in [3.05, 3.63) is 24.5 Å². The van der Waals surface area contributed by atoms with Gasteiger partial charge in [-0.2, -0.15) is 0 Å². The summed E-state index contributed by atoms with van der Waals surface area (Å²) in [6.07, 6.45) is 7.21. The lowest BCUT2D eigenvalue weighted by Gasteiger charge is -2.26. The topological polar surface area (TPSA) is 42.4 Å². The Hall–Kier alpha value is -1.09. The van der Waals surface area contributed by atoms with Crippen molar-refractivity contribution in [3.63, 3.8) is 0 Å². The fraction of sp³-hybridized carbons (Fsp3) is 0.545. The molecule has 0 aliphatic heterocycles. The van der Waals surface area contributed by atoms with E-state index in [-0.39, 0.29) is 12.2 Å². The zero-order chi connectivity index (χ0) is 9.80. The fourth-order valence-corrected chi connectivity index (χ4v) is 1.77. The molecular formula is C11H15NO2. The molecule has 76 valence electrons. The van der Waals surface area contributed by atoms with Crippen LogP contribution >= 0.6 is 0 Å². The van der Waals surface area contributed by atoms with E-state index < -0.39 is 0 Å². The molecule has 1 aliphatic carbocycles. The maximum atomic E-state index is 9.33. The maximum absolute atomic E-state index is 9.33. The van der Waals surface area contributed by atoms with Crippen LogP contribution in [0, 0.1) is 0 Å². The van der Waals surface area contributed by atoms with Crippen molar-refractivity contribution in [2.75, 3.05) is 0 Å². The summed E-state index contributed by atoms with van der Waals surface area (Å²) in [7, 11) is 0. The van der Waals surface area contributed by atoms with E-state index in [1.54, 1.807) is 12.4 Å². The van der Waals surface area contributed by atoms with E-state index in [0.717, 1.165) is 31.4 Å². The summed E-state index contributed by atoms with van der Waals surface area (Å²) in [6, 6.07) is 3.73. The van der Waals surface area contributed by atoms with Gasteiger partial charge in [0.1, 0.15) is 5.75 Å². The van der Waals surface area contributed by atoms with Crippen LogP contribution in [0.5, 0.6) is 5.75 Å². The molecule has 0 atom stereocenters. The highest BCUT2D eigenvalue weighted by Crippen LogP contribution is 2.23. The first-order valence-corrected chi connectivity index (χ1v) is 5.09. The Kier molecular flexibility index (Phi) is 2.99. The Morgan fingerprint density at radius 2 is 1.79 bits per heavy atom. The van der Waals surface area contributed by atoms with Gasteiger partial charge in [-0.1, -0.05) is 0 Å². The summed E-state index contributed by atoms with van der Waals surface area (Å²) in [5.41, 5.74) is 0. The summed E-state index contributed by atoms with van der Waals surface area (Å²) in [6.45, 7) is 0. The minimum absolute atomic E-state index is 0.118. The van der Waals surface area contributed by atoms with Gasteiger partial charge >= 0.3 is 0 Å². The number of hydrogen-bond donors (Lipinski definition) is 1. The maximum Gasteiger partial charge on any atom is 0.122 e. The van der Waals surface area contributed by atoms with Crippen molar-refractivity contribution >= 4 is 0 Å². The fourth-order valence-electron chi connectivity index (χ4n) is 1.77. The molecule has 14 heavy (non-hydrogen) atoms. The van der Waals surface area contributed by atoms with E-state index in [2.05, 4.69) is 4.98 Å². The average molecular weight is 193 g/mol. The van der Waals surface area contributed by atoms with E-state index in [4.69, 9.17) is 4.74 Å². The standard InChI is InChI=1S/C11H15NO2/c13-9-1-3-10(4-2-9)14-11-5-7-12-8-6-11/h5-10,13H,1-4H2. The lowest BCUT2D eigenvalue weighted by atomic mass is 9.95. The van der Waals surface area contributed by atoms with Gasteiger partial charge < -0.3 is 9.84 Å². The minimum Gasteiger partial charge on any atom is -0.490 e. The quantitative estimate of drug-likeness (QED) is 0.778. The van der Waals surface area contributed by atoms with Crippen LogP contribution in [0.3, 0.4) is 0 Å².